The van der Waals surface area contributed by atoms with Gasteiger partial charge < -0.3 is 0 Å². The molecule has 0 amide bonds. The van der Waals surface area contributed by atoms with E-state index in [-0.39, 0.29) is 9.79 Å². The van der Waals surface area contributed by atoms with Crippen LogP contribution in [-0.4, -0.2) is 16.8 Å². The Morgan fingerprint density at radius 1 is 0.375 bits per heavy atom. The number of fused-ring (bicyclic) bond motifs is 2. The highest BCUT2D eigenvalue weighted by molar-refractivity contribution is 7.93. The molecule has 198 valence electrons. The number of anilines is 2. The minimum absolute atomic E-state index is 0.192. The average Bonchev–Trinajstić information content (AvgIpc) is 2.97. The zero-order chi connectivity index (χ0) is 27.7. The van der Waals surface area contributed by atoms with E-state index in [1.54, 1.807) is 60.7 Å². The number of rotatable bonds is 7. The molecule has 6 rings (SSSR count). The van der Waals surface area contributed by atoms with Gasteiger partial charge in [-0.2, -0.15) is 0 Å². The van der Waals surface area contributed by atoms with Gasteiger partial charge in [0.25, 0.3) is 20.0 Å². The molecule has 0 saturated heterocycles. The largest absolute Gasteiger partial charge is 0.280 e. The Balaban J connectivity index is 1.16. The van der Waals surface area contributed by atoms with Crippen molar-refractivity contribution in [1.29, 1.82) is 0 Å². The first-order chi connectivity index (χ1) is 19.3. The van der Waals surface area contributed by atoms with Crippen LogP contribution in [0.2, 0.25) is 0 Å². The van der Waals surface area contributed by atoms with E-state index in [0.29, 0.717) is 11.4 Å². The van der Waals surface area contributed by atoms with Gasteiger partial charge in [-0.3, -0.25) is 9.44 Å². The van der Waals surface area contributed by atoms with Crippen LogP contribution in [0.15, 0.2) is 143 Å². The Hall–Kier alpha value is -4.66. The molecular weight excluding hydrogens is 540 g/mol. The molecule has 6 aromatic carbocycles. The van der Waals surface area contributed by atoms with E-state index in [9.17, 15) is 16.8 Å². The zero-order valence-electron chi connectivity index (χ0n) is 21.2. The summed E-state index contributed by atoms with van der Waals surface area (Å²) in [4.78, 5) is 0.383. The molecule has 0 unspecified atom stereocenters. The Bertz CT molecular complexity index is 1920. The smallest absolute Gasteiger partial charge is 0.261 e. The predicted octanol–water partition coefficient (Wildman–Crippen LogP) is 7.26. The van der Waals surface area contributed by atoms with Gasteiger partial charge in [-0.1, -0.05) is 84.9 Å². The summed E-state index contributed by atoms with van der Waals surface area (Å²) in [5, 5.41) is 3.64. The summed E-state index contributed by atoms with van der Waals surface area (Å²) in [6, 6.07) is 39.3. The molecule has 2 N–H and O–H groups in total. The van der Waals surface area contributed by atoms with Crippen molar-refractivity contribution in [1.82, 2.24) is 0 Å². The van der Waals surface area contributed by atoms with Gasteiger partial charge in [-0.15, -0.1) is 0 Å². The van der Waals surface area contributed by atoms with Crippen LogP contribution >= 0.6 is 0 Å². The van der Waals surface area contributed by atoms with E-state index in [1.165, 1.54) is 0 Å². The SMILES string of the molecule is O=S(=O)(Nc1ccc(-c2ccc(NS(=O)(=O)c3ccc4ccccc4c3)cc2)cc1)c1ccc2ccccc2c1. The monoisotopic (exact) mass is 564 g/mol. The first-order valence-corrected chi connectivity index (χ1v) is 15.5. The van der Waals surface area contributed by atoms with Crippen LogP contribution in [0, 0.1) is 0 Å². The molecule has 0 saturated carbocycles. The van der Waals surface area contributed by atoms with Crippen molar-refractivity contribution in [3.63, 3.8) is 0 Å². The van der Waals surface area contributed by atoms with Crippen molar-refractivity contribution in [2.75, 3.05) is 9.44 Å². The number of sulfonamides is 2. The van der Waals surface area contributed by atoms with Crippen LogP contribution in [0.1, 0.15) is 0 Å². The van der Waals surface area contributed by atoms with Crippen molar-refractivity contribution in [3.8, 4) is 11.1 Å². The molecule has 0 radical (unpaired) electrons. The maximum atomic E-state index is 13.0. The van der Waals surface area contributed by atoms with Crippen LogP contribution in [0.5, 0.6) is 0 Å². The minimum atomic E-state index is -3.76. The molecule has 0 aliphatic rings. The quantitative estimate of drug-likeness (QED) is 0.213. The standard InChI is InChI=1S/C32H24N2O4S2/c35-39(36,31-19-13-23-5-1-3-7-27(23)21-31)33-29-15-9-25(10-16-29)26-11-17-30(18-12-26)34-40(37,38)32-20-14-24-6-2-4-8-28(24)22-32/h1-22,33-34H. The van der Waals surface area contributed by atoms with E-state index in [0.717, 1.165) is 32.7 Å². The predicted molar refractivity (Wildman–Crippen MR) is 161 cm³/mol. The summed E-state index contributed by atoms with van der Waals surface area (Å²) in [5.41, 5.74) is 2.60. The summed E-state index contributed by atoms with van der Waals surface area (Å²) < 4.78 is 57.1. The third-order valence-corrected chi connectivity index (χ3v) is 9.43. The van der Waals surface area contributed by atoms with E-state index in [2.05, 4.69) is 9.44 Å². The summed E-state index contributed by atoms with van der Waals surface area (Å²) in [6.07, 6.45) is 0. The van der Waals surface area contributed by atoms with E-state index >= 15 is 0 Å². The van der Waals surface area contributed by atoms with Gasteiger partial charge in [0.15, 0.2) is 0 Å². The number of benzene rings is 6. The lowest BCUT2D eigenvalue weighted by Crippen LogP contribution is -2.13. The van der Waals surface area contributed by atoms with E-state index in [4.69, 9.17) is 0 Å². The molecule has 0 spiro atoms. The molecule has 0 atom stereocenters. The van der Waals surface area contributed by atoms with Crippen LogP contribution in [0.4, 0.5) is 11.4 Å². The van der Waals surface area contributed by atoms with Crippen molar-refractivity contribution < 1.29 is 16.8 Å². The summed E-state index contributed by atoms with van der Waals surface area (Å²) >= 11 is 0. The normalized spacial score (nSPS) is 11.9. The van der Waals surface area contributed by atoms with Crippen LogP contribution in [0.3, 0.4) is 0 Å². The average molecular weight is 565 g/mol. The van der Waals surface area contributed by atoms with Crippen molar-refractivity contribution in [3.05, 3.63) is 133 Å². The lowest BCUT2D eigenvalue weighted by atomic mass is 10.1. The molecule has 6 aromatic rings. The maximum Gasteiger partial charge on any atom is 0.261 e. The molecular formula is C32H24N2O4S2. The second-order valence-corrected chi connectivity index (χ2v) is 12.7. The second-order valence-electron chi connectivity index (χ2n) is 9.38. The third kappa shape index (κ3) is 5.27. The third-order valence-electron chi connectivity index (χ3n) is 6.67. The first-order valence-electron chi connectivity index (χ1n) is 12.5. The Labute approximate surface area is 233 Å². The molecule has 0 aliphatic heterocycles. The highest BCUT2D eigenvalue weighted by Gasteiger charge is 2.16. The topological polar surface area (TPSA) is 92.3 Å². The van der Waals surface area contributed by atoms with Crippen LogP contribution in [0.25, 0.3) is 32.7 Å². The molecule has 0 aromatic heterocycles. The highest BCUT2D eigenvalue weighted by Crippen LogP contribution is 2.27. The van der Waals surface area contributed by atoms with Gasteiger partial charge in [0.1, 0.15) is 0 Å². The molecule has 0 bridgehead atoms. The fourth-order valence-corrected chi connectivity index (χ4v) is 6.75. The first kappa shape index (κ1) is 25.6. The lowest BCUT2D eigenvalue weighted by Gasteiger charge is -2.11. The van der Waals surface area contributed by atoms with Gasteiger partial charge in [0, 0.05) is 11.4 Å². The molecule has 6 nitrogen and oxygen atoms in total. The summed E-state index contributed by atoms with van der Waals surface area (Å²) in [7, 11) is -7.51. The van der Waals surface area contributed by atoms with Crippen LogP contribution in [-0.2, 0) is 20.0 Å². The van der Waals surface area contributed by atoms with E-state index < -0.39 is 20.0 Å². The molecule has 0 fully saturated rings. The Kier molecular flexibility index (Phi) is 6.50. The minimum Gasteiger partial charge on any atom is -0.280 e. The van der Waals surface area contributed by atoms with Crippen molar-refractivity contribution >= 4 is 53.0 Å². The fraction of sp³-hybridized carbons (Fsp3) is 0. The Morgan fingerprint density at radius 3 is 1.10 bits per heavy atom. The second kappa shape index (κ2) is 10.1. The number of hydrogen-bond acceptors (Lipinski definition) is 4. The van der Waals surface area contributed by atoms with E-state index in [1.807, 2.05) is 72.8 Å². The van der Waals surface area contributed by atoms with Crippen molar-refractivity contribution in [2.24, 2.45) is 0 Å². The van der Waals surface area contributed by atoms with Crippen molar-refractivity contribution in [2.45, 2.75) is 9.79 Å². The molecule has 0 heterocycles. The number of hydrogen-bond donors (Lipinski definition) is 2. The van der Waals surface area contributed by atoms with Gasteiger partial charge in [0.2, 0.25) is 0 Å². The van der Waals surface area contributed by atoms with Gasteiger partial charge in [-0.05, 0) is 81.2 Å². The maximum absolute atomic E-state index is 13.0. The molecule has 0 aliphatic carbocycles. The van der Waals surface area contributed by atoms with Gasteiger partial charge in [0.05, 0.1) is 9.79 Å². The van der Waals surface area contributed by atoms with Gasteiger partial charge in [-0.25, -0.2) is 16.8 Å². The molecule has 8 heteroatoms. The fourth-order valence-electron chi connectivity index (χ4n) is 4.56. The highest BCUT2D eigenvalue weighted by atomic mass is 32.2. The summed E-state index contributed by atoms with van der Waals surface area (Å²) in [5.74, 6) is 0. The Morgan fingerprint density at radius 2 is 0.725 bits per heavy atom. The van der Waals surface area contributed by atoms with Gasteiger partial charge >= 0.3 is 0 Å². The number of nitrogens with one attached hydrogen (secondary N) is 2. The van der Waals surface area contributed by atoms with Crippen LogP contribution < -0.4 is 9.44 Å². The summed E-state index contributed by atoms with van der Waals surface area (Å²) in [6.45, 7) is 0. The lowest BCUT2D eigenvalue weighted by molar-refractivity contribution is 0.599. The zero-order valence-corrected chi connectivity index (χ0v) is 22.8. The molecule has 40 heavy (non-hydrogen) atoms.